The van der Waals surface area contributed by atoms with Crippen LogP contribution in [0.2, 0.25) is 5.02 Å². The van der Waals surface area contributed by atoms with Gasteiger partial charge in [0.05, 0.1) is 11.1 Å². The maximum Gasteiger partial charge on any atom is 0.222 e. The number of hydrogen-bond donors (Lipinski definition) is 3. The number of fused-ring (bicyclic) bond motifs is 1. The first kappa shape index (κ1) is 15.4. The highest BCUT2D eigenvalue weighted by molar-refractivity contribution is 6.30. The Balaban J connectivity index is 1.59. The van der Waals surface area contributed by atoms with E-state index in [0.717, 1.165) is 32.9 Å². The minimum atomic E-state index is 0.212. The van der Waals surface area contributed by atoms with Gasteiger partial charge < -0.3 is 11.1 Å². The first-order valence-electron chi connectivity index (χ1n) is 7.74. The molecule has 7 heteroatoms. The Bertz CT molecular complexity index is 1030. The molecule has 0 amide bonds. The predicted octanol–water partition coefficient (Wildman–Crippen LogP) is 3.87. The van der Waals surface area contributed by atoms with Crippen LogP contribution in [0.1, 0.15) is 5.56 Å². The van der Waals surface area contributed by atoms with Crippen LogP contribution in [-0.4, -0.2) is 20.2 Å². The number of nitrogens with zero attached hydrogens (tertiary/aromatic N) is 3. The number of nitrogens with one attached hydrogen (secondary N) is 2. The molecular formula is C18H15ClN6. The van der Waals surface area contributed by atoms with E-state index in [4.69, 9.17) is 17.3 Å². The van der Waals surface area contributed by atoms with E-state index in [1.54, 1.807) is 6.20 Å². The van der Waals surface area contributed by atoms with Crippen molar-refractivity contribution in [1.29, 1.82) is 0 Å². The fourth-order valence-electron chi connectivity index (χ4n) is 2.63. The van der Waals surface area contributed by atoms with Gasteiger partial charge in [0.25, 0.3) is 0 Å². The van der Waals surface area contributed by atoms with E-state index in [1.165, 1.54) is 0 Å². The van der Waals surface area contributed by atoms with Crippen molar-refractivity contribution < 1.29 is 0 Å². The van der Waals surface area contributed by atoms with Gasteiger partial charge in [-0.05, 0) is 29.8 Å². The molecule has 4 aromatic rings. The number of rotatable bonds is 4. The molecule has 0 aliphatic rings. The van der Waals surface area contributed by atoms with Crippen molar-refractivity contribution in [3.8, 4) is 11.3 Å². The van der Waals surface area contributed by atoms with Crippen molar-refractivity contribution in [2.75, 3.05) is 11.1 Å². The predicted molar refractivity (Wildman–Crippen MR) is 100 cm³/mol. The lowest BCUT2D eigenvalue weighted by atomic mass is 10.1. The van der Waals surface area contributed by atoms with Crippen LogP contribution in [0.15, 0.2) is 54.7 Å². The van der Waals surface area contributed by atoms with E-state index in [2.05, 4.69) is 31.5 Å². The summed E-state index contributed by atoms with van der Waals surface area (Å²) in [6, 6.07) is 15.9. The van der Waals surface area contributed by atoms with E-state index in [1.807, 2.05) is 42.5 Å². The highest BCUT2D eigenvalue weighted by Gasteiger charge is 2.10. The van der Waals surface area contributed by atoms with E-state index in [0.29, 0.717) is 12.2 Å². The standard InChI is InChI=1S/C18H15ClN6/c19-13-6-4-11(5-7-13)9-21-14-3-1-2-12(8-14)16-15-10-22-18(20)23-17(15)25-24-16/h1-8,10,21H,9H2,(H3,20,22,23,24,25). The summed E-state index contributed by atoms with van der Waals surface area (Å²) in [6.07, 6.45) is 1.68. The molecule has 0 aliphatic heterocycles. The minimum Gasteiger partial charge on any atom is -0.381 e. The number of halogens is 1. The second-order valence-electron chi connectivity index (χ2n) is 5.62. The van der Waals surface area contributed by atoms with Gasteiger partial charge in [0.2, 0.25) is 5.95 Å². The summed E-state index contributed by atoms with van der Waals surface area (Å²) in [5, 5.41) is 12.2. The summed E-state index contributed by atoms with van der Waals surface area (Å²) in [4.78, 5) is 8.18. The number of hydrogen-bond acceptors (Lipinski definition) is 5. The highest BCUT2D eigenvalue weighted by atomic mass is 35.5. The molecule has 0 saturated carbocycles. The van der Waals surface area contributed by atoms with Gasteiger partial charge in [-0.2, -0.15) is 10.1 Å². The molecule has 25 heavy (non-hydrogen) atoms. The number of benzene rings is 2. The normalized spacial score (nSPS) is 10.9. The van der Waals surface area contributed by atoms with Crippen LogP contribution < -0.4 is 11.1 Å². The zero-order valence-corrected chi connectivity index (χ0v) is 14.0. The molecule has 0 spiro atoms. The largest absolute Gasteiger partial charge is 0.381 e. The summed E-state index contributed by atoms with van der Waals surface area (Å²) in [5.74, 6) is 0.212. The van der Waals surface area contributed by atoms with Crippen molar-refractivity contribution in [3.05, 3.63) is 65.3 Å². The maximum absolute atomic E-state index is 5.92. The molecule has 2 heterocycles. The fraction of sp³-hybridized carbons (Fsp3) is 0.0556. The van der Waals surface area contributed by atoms with Gasteiger partial charge in [0, 0.05) is 29.0 Å². The molecule has 6 nitrogen and oxygen atoms in total. The monoisotopic (exact) mass is 350 g/mol. The molecule has 2 aromatic heterocycles. The van der Waals surface area contributed by atoms with Gasteiger partial charge >= 0.3 is 0 Å². The first-order valence-corrected chi connectivity index (χ1v) is 8.12. The van der Waals surface area contributed by atoms with E-state index in [-0.39, 0.29) is 5.95 Å². The zero-order valence-electron chi connectivity index (χ0n) is 13.2. The Kier molecular flexibility index (Phi) is 3.95. The molecular weight excluding hydrogens is 336 g/mol. The van der Waals surface area contributed by atoms with Crippen molar-refractivity contribution in [2.24, 2.45) is 0 Å². The Labute approximate surface area is 149 Å². The number of nitrogens with two attached hydrogens (primary N) is 1. The Morgan fingerprint density at radius 3 is 2.80 bits per heavy atom. The molecule has 0 unspecified atom stereocenters. The third-order valence-electron chi connectivity index (χ3n) is 3.89. The average molecular weight is 351 g/mol. The molecule has 0 bridgehead atoms. The molecule has 4 rings (SSSR count). The number of anilines is 2. The van der Waals surface area contributed by atoms with Crippen LogP contribution in [0.4, 0.5) is 11.6 Å². The lowest BCUT2D eigenvalue weighted by molar-refractivity contribution is 1.09. The van der Waals surface area contributed by atoms with Crippen LogP contribution in [0.5, 0.6) is 0 Å². The van der Waals surface area contributed by atoms with E-state index < -0.39 is 0 Å². The summed E-state index contributed by atoms with van der Waals surface area (Å²) in [5.41, 5.74) is 10.2. The highest BCUT2D eigenvalue weighted by Crippen LogP contribution is 2.27. The first-order chi connectivity index (χ1) is 12.2. The van der Waals surface area contributed by atoms with Crippen molar-refractivity contribution in [1.82, 2.24) is 20.2 Å². The van der Waals surface area contributed by atoms with Gasteiger partial charge in [-0.15, -0.1) is 0 Å². The number of H-pyrrole nitrogens is 1. The average Bonchev–Trinajstić information content (AvgIpc) is 3.04. The van der Waals surface area contributed by atoms with Crippen LogP contribution >= 0.6 is 11.6 Å². The Hall–Kier alpha value is -3.12. The van der Waals surface area contributed by atoms with Crippen LogP contribution in [-0.2, 0) is 6.54 Å². The van der Waals surface area contributed by atoms with Gasteiger partial charge in [0.15, 0.2) is 5.65 Å². The van der Waals surface area contributed by atoms with Crippen molar-refractivity contribution >= 4 is 34.3 Å². The molecule has 0 fully saturated rings. The maximum atomic E-state index is 5.92. The van der Waals surface area contributed by atoms with Gasteiger partial charge in [-0.3, -0.25) is 5.10 Å². The molecule has 0 radical (unpaired) electrons. The third-order valence-corrected chi connectivity index (χ3v) is 4.14. The topological polar surface area (TPSA) is 92.5 Å². The number of aromatic nitrogens is 4. The third kappa shape index (κ3) is 3.25. The van der Waals surface area contributed by atoms with Crippen LogP contribution in [0.3, 0.4) is 0 Å². The summed E-state index contributed by atoms with van der Waals surface area (Å²) < 4.78 is 0. The van der Waals surface area contributed by atoms with E-state index >= 15 is 0 Å². The number of aromatic amines is 1. The van der Waals surface area contributed by atoms with Gasteiger partial charge in [0.1, 0.15) is 0 Å². The smallest absolute Gasteiger partial charge is 0.222 e. The SMILES string of the molecule is Nc1ncc2c(-c3cccc(NCc4ccc(Cl)cc4)c3)[nH]nc2n1. The second-order valence-corrected chi connectivity index (χ2v) is 6.06. The van der Waals surface area contributed by atoms with Gasteiger partial charge in [-0.1, -0.05) is 35.9 Å². The van der Waals surface area contributed by atoms with Crippen LogP contribution in [0.25, 0.3) is 22.3 Å². The molecule has 4 N–H and O–H groups in total. The molecule has 124 valence electrons. The lowest BCUT2D eigenvalue weighted by Crippen LogP contribution is -1.99. The Morgan fingerprint density at radius 1 is 1.12 bits per heavy atom. The quantitative estimate of drug-likeness (QED) is 0.519. The molecule has 0 saturated heterocycles. The fourth-order valence-corrected chi connectivity index (χ4v) is 2.75. The number of nitrogen functional groups attached to an aromatic ring is 1. The van der Waals surface area contributed by atoms with Crippen molar-refractivity contribution in [2.45, 2.75) is 6.54 Å². The lowest BCUT2D eigenvalue weighted by Gasteiger charge is -2.08. The van der Waals surface area contributed by atoms with Crippen molar-refractivity contribution in [3.63, 3.8) is 0 Å². The zero-order chi connectivity index (χ0) is 17.2. The van der Waals surface area contributed by atoms with E-state index in [9.17, 15) is 0 Å². The summed E-state index contributed by atoms with van der Waals surface area (Å²) in [7, 11) is 0. The summed E-state index contributed by atoms with van der Waals surface area (Å²) >= 11 is 5.92. The Morgan fingerprint density at radius 2 is 1.96 bits per heavy atom. The minimum absolute atomic E-state index is 0.212. The summed E-state index contributed by atoms with van der Waals surface area (Å²) in [6.45, 7) is 0.712. The molecule has 2 aromatic carbocycles. The van der Waals surface area contributed by atoms with Crippen LogP contribution in [0, 0.1) is 0 Å². The van der Waals surface area contributed by atoms with Gasteiger partial charge in [-0.25, -0.2) is 4.98 Å². The molecule has 0 aliphatic carbocycles. The second kappa shape index (κ2) is 6.41. The molecule has 0 atom stereocenters.